The summed E-state index contributed by atoms with van der Waals surface area (Å²) in [5, 5.41) is 8.76. The normalized spacial score (nSPS) is 19.2. The lowest BCUT2D eigenvalue weighted by atomic mass is 9.94. The number of fused-ring (bicyclic) bond motifs is 2. The molecule has 6 rings (SSSR count). The van der Waals surface area contributed by atoms with Crippen LogP contribution < -0.4 is 11.1 Å². The molecule has 1 amide bonds. The fourth-order valence-electron chi connectivity index (χ4n) is 5.66. The van der Waals surface area contributed by atoms with Crippen molar-refractivity contribution < 1.29 is 9.21 Å². The molecule has 5 aromatic rings. The van der Waals surface area contributed by atoms with Gasteiger partial charge >= 0.3 is 0 Å². The van der Waals surface area contributed by atoms with E-state index in [-0.39, 0.29) is 11.9 Å². The van der Waals surface area contributed by atoms with Crippen molar-refractivity contribution in [3.05, 3.63) is 67.5 Å². The molecular weight excluding hydrogens is 478 g/mol. The van der Waals surface area contributed by atoms with Gasteiger partial charge in [0, 0.05) is 17.7 Å². The van der Waals surface area contributed by atoms with E-state index in [9.17, 15) is 4.79 Å². The summed E-state index contributed by atoms with van der Waals surface area (Å²) in [6, 6.07) is 15.8. The Morgan fingerprint density at radius 3 is 2.76 bits per heavy atom. The lowest BCUT2D eigenvalue weighted by Gasteiger charge is -2.17. The number of hydrogen-bond donors (Lipinski definition) is 2. The van der Waals surface area contributed by atoms with E-state index < -0.39 is 0 Å². The molecule has 192 valence electrons. The summed E-state index contributed by atoms with van der Waals surface area (Å²) in [7, 11) is 0. The van der Waals surface area contributed by atoms with Crippen LogP contribution in [0.1, 0.15) is 32.2 Å². The first-order chi connectivity index (χ1) is 18.6. The third-order valence-electron chi connectivity index (χ3n) is 7.61. The highest BCUT2D eigenvalue weighted by molar-refractivity contribution is 5.99. The molecule has 0 aliphatic heterocycles. The molecule has 1 saturated carbocycles. The Bertz CT molecular complexity index is 1640. The van der Waals surface area contributed by atoms with Gasteiger partial charge in [-0.15, -0.1) is 0 Å². The minimum Gasteiger partial charge on any atom is -0.436 e. The van der Waals surface area contributed by atoms with Crippen LogP contribution in [0.3, 0.4) is 0 Å². The van der Waals surface area contributed by atoms with Crippen molar-refractivity contribution in [1.29, 1.82) is 0 Å². The van der Waals surface area contributed by atoms with Gasteiger partial charge in [0.1, 0.15) is 23.4 Å². The second-order valence-corrected chi connectivity index (χ2v) is 9.82. The fraction of sp³-hybridized carbons (Fsp3) is 0.276. The average Bonchev–Trinajstić information content (AvgIpc) is 3.67. The number of carbonyl (C=O) groups excluding carboxylic acids is 1. The summed E-state index contributed by atoms with van der Waals surface area (Å²) >= 11 is 0. The zero-order valence-corrected chi connectivity index (χ0v) is 21.2. The molecule has 9 heteroatoms. The first kappa shape index (κ1) is 23.8. The highest BCUT2D eigenvalue weighted by Crippen LogP contribution is 2.43. The Hall–Kier alpha value is -4.53. The molecule has 3 atom stereocenters. The van der Waals surface area contributed by atoms with Gasteiger partial charge in [-0.3, -0.25) is 4.79 Å². The number of nitrogens with zero attached hydrogens (tertiary/aromatic N) is 5. The molecule has 3 unspecified atom stereocenters. The Labute approximate surface area is 219 Å². The number of benzene rings is 2. The number of hydrogen-bond acceptors (Lipinski definition) is 7. The standard InChI is InChI=1S/C29H29N7O2/c1-3-17-12-21(13-20(17)15-31-24(37)4-2)36-28-25(27(30)32-16-33-28)26(35-36)19-10-11-23-22(14-19)34-29(38-23)18-8-6-5-7-9-18/h4-11,14,16-17,20-21H,2-3,12-13,15H2,1H3,(H,31,37)(H2,30,32,33). The van der Waals surface area contributed by atoms with E-state index in [2.05, 4.69) is 28.8 Å². The predicted octanol–water partition coefficient (Wildman–Crippen LogP) is 5.16. The smallest absolute Gasteiger partial charge is 0.243 e. The van der Waals surface area contributed by atoms with Crippen LogP contribution in [0.15, 0.2) is 71.9 Å². The molecule has 0 saturated heterocycles. The van der Waals surface area contributed by atoms with Crippen LogP contribution in [0.2, 0.25) is 0 Å². The van der Waals surface area contributed by atoms with Crippen molar-refractivity contribution in [3.63, 3.8) is 0 Å². The minimum absolute atomic E-state index is 0.136. The van der Waals surface area contributed by atoms with Crippen LogP contribution in [0.5, 0.6) is 0 Å². The molecule has 38 heavy (non-hydrogen) atoms. The maximum atomic E-state index is 11.8. The first-order valence-corrected chi connectivity index (χ1v) is 12.9. The maximum Gasteiger partial charge on any atom is 0.243 e. The number of oxazole rings is 1. The van der Waals surface area contributed by atoms with Crippen LogP contribution in [0, 0.1) is 11.8 Å². The molecule has 1 aliphatic rings. The third-order valence-corrected chi connectivity index (χ3v) is 7.61. The number of nitrogen functional groups attached to an aromatic ring is 1. The number of amides is 1. The van der Waals surface area contributed by atoms with E-state index in [1.807, 2.05) is 53.2 Å². The maximum absolute atomic E-state index is 11.8. The molecule has 1 fully saturated rings. The molecule has 3 heterocycles. The summed E-state index contributed by atoms with van der Waals surface area (Å²) in [5.41, 5.74) is 11.1. The van der Waals surface area contributed by atoms with Gasteiger partial charge in [0.2, 0.25) is 11.8 Å². The molecule has 0 spiro atoms. The van der Waals surface area contributed by atoms with Gasteiger partial charge in [0.25, 0.3) is 0 Å². The molecule has 3 N–H and O–H groups in total. The topological polar surface area (TPSA) is 125 Å². The monoisotopic (exact) mass is 507 g/mol. The lowest BCUT2D eigenvalue weighted by molar-refractivity contribution is -0.116. The Morgan fingerprint density at radius 2 is 1.97 bits per heavy atom. The van der Waals surface area contributed by atoms with Crippen molar-refractivity contribution in [3.8, 4) is 22.7 Å². The Balaban J connectivity index is 1.38. The van der Waals surface area contributed by atoms with E-state index in [0.29, 0.717) is 41.3 Å². The van der Waals surface area contributed by atoms with Crippen LogP contribution in [-0.2, 0) is 4.79 Å². The highest BCUT2D eigenvalue weighted by atomic mass is 16.3. The van der Waals surface area contributed by atoms with Crippen molar-refractivity contribution in [1.82, 2.24) is 30.0 Å². The van der Waals surface area contributed by atoms with Crippen LogP contribution in [-0.4, -0.2) is 37.2 Å². The zero-order chi connectivity index (χ0) is 26.2. The summed E-state index contributed by atoms with van der Waals surface area (Å²) in [4.78, 5) is 25.4. The van der Waals surface area contributed by atoms with E-state index in [1.54, 1.807) is 0 Å². The van der Waals surface area contributed by atoms with E-state index in [1.165, 1.54) is 12.4 Å². The molecule has 9 nitrogen and oxygen atoms in total. The third kappa shape index (κ3) is 4.19. The van der Waals surface area contributed by atoms with Crippen molar-refractivity contribution >= 4 is 33.9 Å². The number of nitrogens with two attached hydrogens (primary N) is 1. The first-order valence-electron chi connectivity index (χ1n) is 12.9. The Kier molecular flexibility index (Phi) is 6.11. The molecule has 0 radical (unpaired) electrons. The minimum atomic E-state index is -0.144. The zero-order valence-electron chi connectivity index (χ0n) is 21.2. The largest absolute Gasteiger partial charge is 0.436 e. The summed E-state index contributed by atoms with van der Waals surface area (Å²) in [6.45, 7) is 6.37. The summed E-state index contributed by atoms with van der Waals surface area (Å²) in [5.74, 6) is 1.63. The summed E-state index contributed by atoms with van der Waals surface area (Å²) < 4.78 is 8.01. The molecule has 3 aromatic heterocycles. The number of carbonyl (C=O) groups is 1. The molecule has 2 aromatic carbocycles. The SMILES string of the molecule is C=CC(=O)NCC1CC(n2nc(-c3ccc4oc(-c5ccccc5)nc4c3)c3c(N)ncnc32)CC1CC. The van der Waals surface area contributed by atoms with Gasteiger partial charge < -0.3 is 15.5 Å². The van der Waals surface area contributed by atoms with Gasteiger partial charge in [-0.1, -0.05) is 38.1 Å². The average molecular weight is 508 g/mol. The fourth-order valence-corrected chi connectivity index (χ4v) is 5.66. The van der Waals surface area contributed by atoms with Crippen molar-refractivity contribution in [2.75, 3.05) is 12.3 Å². The molecule has 1 aliphatic carbocycles. The second kappa shape index (κ2) is 9.74. The van der Waals surface area contributed by atoms with Gasteiger partial charge in [0.05, 0.1) is 11.4 Å². The number of nitrogens with one attached hydrogen (secondary N) is 1. The van der Waals surface area contributed by atoms with Crippen molar-refractivity contribution in [2.24, 2.45) is 11.8 Å². The van der Waals surface area contributed by atoms with E-state index in [4.69, 9.17) is 20.2 Å². The number of anilines is 1. The number of rotatable bonds is 7. The predicted molar refractivity (Wildman–Crippen MR) is 147 cm³/mol. The quantitative estimate of drug-likeness (QED) is 0.291. The van der Waals surface area contributed by atoms with Gasteiger partial charge in [0.15, 0.2) is 11.2 Å². The Morgan fingerprint density at radius 1 is 1.16 bits per heavy atom. The summed E-state index contributed by atoms with van der Waals surface area (Å²) in [6.07, 6.45) is 5.67. The van der Waals surface area contributed by atoms with Gasteiger partial charge in [-0.25, -0.2) is 19.6 Å². The van der Waals surface area contributed by atoms with Gasteiger partial charge in [-0.05, 0) is 61.1 Å². The number of aromatic nitrogens is 5. The second-order valence-electron chi connectivity index (χ2n) is 9.82. The van der Waals surface area contributed by atoms with Crippen LogP contribution in [0.4, 0.5) is 5.82 Å². The van der Waals surface area contributed by atoms with Crippen LogP contribution in [0.25, 0.3) is 44.8 Å². The van der Waals surface area contributed by atoms with Gasteiger partial charge in [-0.2, -0.15) is 5.10 Å². The molecular formula is C29H29N7O2. The van der Waals surface area contributed by atoms with Crippen LogP contribution >= 0.6 is 0 Å². The van der Waals surface area contributed by atoms with E-state index in [0.717, 1.165) is 47.0 Å². The lowest BCUT2D eigenvalue weighted by Crippen LogP contribution is -2.29. The van der Waals surface area contributed by atoms with Crippen molar-refractivity contribution in [2.45, 2.75) is 32.2 Å². The van der Waals surface area contributed by atoms with E-state index >= 15 is 0 Å². The molecule has 0 bridgehead atoms. The highest BCUT2D eigenvalue weighted by Gasteiger charge is 2.36.